The van der Waals surface area contributed by atoms with Gasteiger partial charge in [-0.15, -0.1) is 0 Å². The maximum absolute atomic E-state index is 6.12. The van der Waals surface area contributed by atoms with Gasteiger partial charge in [0.15, 0.2) is 0 Å². The second-order valence-electron chi connectivity index (χ2n) is 5.32. The van der Waals surface area contributed by atoms with Crippen molar-refractivity contribution in [1.29, 1.82) is 0 Å². The molecule has 0 saturated heterocycles. The highest BCUT2D eigenvalue weighted by Gasteiger charge is 2.18. The Balaban J connectivity index is 2.20. The van der Waals surface area contributed by atoms with Crippen LogP contribution in [0.5, 0.6) is 0 Å². The molecule has 0 bridgehead atoms. The number of halogens is 2. The van der Waals surface area contributed by atoms with E-state index in [1.54, 1.807) is 0 Å². The molecule has 1 unspecified atom stereocenters. The molecule has 2 nitrogen and oxygen atoms in total. The largest absolute Gasteiger partial charge is 0.329 e. The number of nitrogens with zero attached hydrogens (tertiary/aromatic N) is 1. The predicted octanol–water partition coefficient (Wildman–Crippen LogP) is 4.54. The predicted molar refractivity (Wildman–Crippen MR) is 93.6 cm³/mol. The Kier molecular flexibility index (Phi) is 5.82. The lowest BCUT2D eigenvalue weighted by Crippen LogP contribution is -2.30. The van der Waals surface area contributed by atoms with Crippen LogP contribution in [0.2, 0.25) is 5.02 Å². The fourth-order valence-electron chi connectivity index (χ4n) is 2.41. The van der Waals surface area contributed by atoms with E-state index in [2.05, 4.69) is 59.1 Å². The Morgan fingerprint density at radius 2 is 1.86 bits per heavy atom. The fraction of sp³-hybridized carbons (Fsp3) is 0.294. The summed E-state index contributed by atoms with van der Waals surface area (Å²) in [7, 11) is 2.09. The minimum atomic E-state index is 0.124. The molecule has 1 atom stereocenters. The number of hydrogen-bond acceptors (Lipinski definition) is 2. The van der Waals surface area contributed by atoms with E-state index in [0.29, 0.717) is 6.54 Å². The van der Waals surface area contributed by atoms with E-state index < -0.39 is 0 Å². The van der Waals surface area contributed by atoms with Gasteiger partial charge in [0.1, 0.15) is 0 Å². The Morgan fingerprint density at radius 1 is 1.19 bits per heavy atom. The Labute approximate surface area is 140 Å². The summed E-state index contributed by atoms with van der Waals surface area (Å²) in [6, 6.07) is 14.5. The van der Waals surface area contributed by atoms with Gasteiger partial charge in [0.05, 0.1) is 0 Å². The van der Waals surface area contributed by atoms with Crippen LogP contribution in [-0.2, 0) is 6.54 Å². The van der Waals surface area contributed by atoms with Gasteiger partial charge in [0.25, 0.3) is 0 Å². The van der Waals surface area contributed by atoms with Gasteiger partial charge < -0.3 is 5.73 Å². The van der Waals surface area contributed by atoms with Gasteiger partial charge >= 0.3 is 0 Å². The van der Waals surface area contributed by atoms with Crippen LogP contribution in [0.15, 0.2) is 46.9 Å². The number of aryl methyl sites for hydroxylation is 1. The summed E-state index contributed by atoms with van der Waals surface area (Å²) in [5, 5.41) is 0.732. The lowest BCUT2D eigenvalue weighted by Gasteiger charge is -2.28. The van der Waals surface area contributed by atoms with Crippen molar-refractivity contribution in [3.05, 3.63) is 68.7 Å². The zero-order valence-corrected chi connectivity index (χ0v) is 14.7. The van der Waals surface area contributed by atoms with Gasteiger partial charge in [-0.3, -0.25) is 4.90 Å². The second kappa shape index (κ2) is 7.41. The number of likely N-dealkylation sites (N-methyl/N-ethyl adjacent to an activating group) is 1. The van der Waals surface area contributed by atoms with Gasteiger partial charge in [-0.25, -0.2) is 0 Å². The van der Waals surface area contributed by atoms with E-state index in [1.807, 2.05) is 18.2 Å². The minimum Gasteiger partial charge on any atom is -0.329 e. The van der Waals surface area contributed by atoms with Crippen LogP contribution in [0, 0.1) is 6.92 Å². The van der Waals surface area contributed by atoms with E-state index in [-0.39, 0.29) is 6.04 Å². The number of rotatable bonds is 5. The Morgan fingerprint density at radius 3 is 2.48 bits per heavy atom. The highest BCUT2D eigenvalue weighted by Crippen LogP contribution is 2.30. The molecule has 112 valence electrons. The molecule has 0 aliphatic heterocycles. The topological polar surface area (TPSA) is 29.3 Å². The quantitative estimate of drug-likeness (QED) is 0.840. The molecule has 21 heavy (non-hydrogen) atoms. The summed E-state index contributed by atoms with van der Waals surface area (Å²) in [5.74, 6) is 0. The molecule has 2 aromatic carbocycles. The fourth-order valence-corrected chi connectivity index (χ4v) is 3.10. The van der Waals surface area contributed by atoms with Crippen LogP contribution >= 0.6 is 27.5 Å². The van der Waals surface area contributed by atoms with Crippen molar-refractivity contribution in [3.63, 3.8) is 0 Å². The van der Waals surface area contributed by atoms with Crippen molar-refractivity contribution < 1.29 is 0 Å². The van der Waals surface area contributed by atoms with Crippen LogP contribution in [0.1, 0.15) is 22.7 Å². The monoisotopic (exact) mass is 366 g/mol. The van der Waals surface area contributed by atoms with Crippen LogP contribution in [0.25, 0.3) is 0 Å². The summed E-state index contributed by atoms with van der Waals surface area (Å²) < 4.78 is 1.04. The second-order valence-corrected chi connectivity index (χ2v) is 6.61. The smallest absolute Gasteiger partial charge is 0.0482 e. The third kappa shape index (κ3) is 4.30. The molecule has 0 aliphatic rings. The Hall–Kier alpha value is -0.870. The molecular formula is C17H20BrClN2. The number of nitrogens with two attached hydrogens (primary N) is 1. The zero-order chi connectivity index (χ0) is 15.4. The first-order valence-electron chi connectivity index (χ1n) is 6.92. The summed E-state index contributed by atoms with van der Waals surface area (Å²) in [6.45, 7) is 3.49. The average Bonchev–Trinajstić information content (AvgIpc) is 2.46. The van der Waals surface area contributed by atoms with E-state index in [4.69, 9.17) is 17.3 Å². The van der Waals surface area contributed by atoms with Crippen molar-refractivity contribution in [1.82, 2.24) is 4.90 Å². The van der Waals surface area contributed by atoms with Crippen molar-refractivity contribution in [2.75, 3.05) is 13.6 Å². The van der Waals surface area contributed by atoms with Gasteiger partial charge in [-0.2, -0.15) is 0 Å². The lowest BCUT2D eigenvalue weighted by molar-refractivity contribution is 0.241. The van der Waals surface area contributed by atoms with Crippen LogP contribution in [-0.4, -0.2) is 18.5 Å². The molecule has 2 rings (SSSR count). The molecule has 0 saturated carbocycles. The summed E-state index contributed by atoms with van der Waals surface area (Å²) in [5.41, 5.74) is 9.67. The number of hydrogen-bond donors (Lipinski definition) is 1. The molecule has 0 spiro atoms. The standard InChI is InChI=1S/C17H20BrClN2/c1-12-3-5-13(6-4-12)11-21(2)17(10-20)15-9-14(19)7-8-16(15)18/h3-9,17H,10-11,20H2,1-2H3. The van der Waals surface area contributed by atoms with Crippen molar-refractivity contribution in [2.24, 2.45) is 5.73 Å². The molecule has 0 aromatic heterocycles. The molecule has 0 aliphatic carbocycles. The van der Waals surface area contributed by atoms with Crippen molar-refractivity contribution in [2.45, 2.75) is 19.5 Å². The van der Waals surface area contributed by atoms with Gasteiger partial charge in [0, 0.05) is 28.6 Å². The minimum absolute atomic E-state index is 0.124. The third-order valence-corrected chi connectivity index (χ3v) is 4.58. The van der Waals surface area contributed by atoms with E-state index >= 15 is 0 Å². The first-order chi connectivity index (χ1) is 10.0. The molecule has 2 N–H and O–H groups in total. The summed E-state index contributed by atoms with van der Waals surface area (Å²) >= 11 is 9.71. The molecule has 0 heterocycles. The van der Waals surface area contributed by atoms with Gasteiger partial charge in [-0.1, -0.05) is 57.4 Å². The zero-order valence-electron chi connectivity index (χ0n) is 12.3. The number of benzene rings is 2. The van der Waals surface area contributed by atoms with Gasteiger partial charge in [0.2, 0.25) is 0 Å². The van der Waals surface area contributed by atoms with Crippen molar-refractivity contribution in [3.8, 4) is 0 Å². The van der Waals surface area contributed by atoms with Gasteiger partial charge in [-0.05, 0) is 43.3 Å². The van der Waals surface area contributed by atoms with Crippen molar-refractivity contribution >= 4 is 27.5 Å². The maximum Gasteiger partial charge on any atom is 0.0482 e. The van der Waals surface area contributed by atoms with Crippen LogP contribution in [0.3, 0.4) is 0 Å². The molecule has 4 heteroatoms. The Bertz CT molecular complexity index is 598. The van der Waals surface area contributed by atoms with E-state index in [1.165, 1.54) is 11.1 Å². The maximum atomic E-state index is 6.12. The third-order valence-electron chi connectivity index (χ3n) is 3.62. The average molecular weight is 368 g/mol. The lowest BCUT2D eigenvalue weighted by atomic mass is 10.0. The molecule has 2 aromatic rings. The molecule has 0 amide bonds. The molecular weight excluding hydrogens is 348 g/mol. The SMILES string of the molecule is Cc1ccc(CN(C)C(CN)c2cc(Cl)ccc2Br)cc1. The highest BCUT2D eigenvalue weighted by atomic mass is 79.9. The summed E-state index contributed by atoms with van der Waals surface area (Å²) in [6.07, 6.45) is 0. The van der Waals surface area contributed by atoms with E-state index in [9.17, 15) is 0 Å². The normalized spacial score (nSPS) is 12.7. The van der Waals surface area contributed by atoms with Crippen LogP contribution in [0.4, 0.5) is 0 Å². The molecule has 0 fully saturated rings. The first kappa shape index (κ1) is 16.5. The first-order valence-corrected chi connectivity index (χ1v) is 8.09. The van der Waals surface area contributed by atoms with Crippen LogP contribution < -0.4 is 5.73 Å². The summed E-state index contributed by atoms with van der Waals surface area (Å²) in [4.78, 5) is 2.25. The molecule has 0 radical (unpaired) electrons. The highest BCUT2D eigenvalue weighted by molar-refractivity contribution is 9.10. The van der Waals surface area contributed by atoms with E-state index in [0.717, 1.165) is 21.6 Å².